The van der Waals surface area contributed by atoms with E-state index in [1.807, 2.05) is 11.8 Å². The number of sulfonamides is 1. The number of benzene rings is 1. The van der Waals surface area contributed by atoms with Crippen molar-refractivity contribution in [2.24, 2.45) is 4.40 Å². The number of amides is 1. The molecule has 7 heteroatoms. The van der Waals surface area contributed by atoms with Gasteiger partial charge in [-0.3, -0.25) is 4.79 Å². The van der Waals surface area contributed by atoms with Gasteiger partial charge in [-0.15, -0.1) is 4.40 Å². The summed E-state index contributed by atoms with van der Waals surface area (Å²) in [6.07, 6.45) is 1.63. The summed E-state index contributed by atoms with van der Waals surface area (Å²) in [4.78, 5) is 13.0. The van der Waals surface area contributed by atoms with E-state index in [1.165, 1.54) is 19.1 Å². The van der Waals surface area contributed by atoms with Crippen LogP contribution < -0.4 is 5.32 Å². The van der Waals surface area contributed by atoms with Gasteiger partial charge in [-0.1, -0.05) is 0 Å². The van der Waals surface area contributed by atoms with Crippen LogP contribution in [0.2, 0.25) is 0 Å². The molecule has 1 fully saturated rings. The number of anilines is 1. The third kappa shape index (κ3) is 3.81. The predicted octanol–water partition coefficient (Wildman–Crippen LogP) is 1.85. The van der Waals surface area contributed by atoms with Gasteiger partial charge in [0, 0.05) is 32.1 Å². The zero-order chi connectivity index (χ0) is 15.5. The molecule has 0 aromatic heterocycles. The van der Waals surface area contributed by atoms with Crippen LogP contribution in [0.5, 0.6) is 0 Å². The first kappa shape index (κ1) is 15.5. The van der Waals surface area contributed by atoms with Crippen molar-refractivity contribution in [1.29, 1.82) is 0 Å². The van der Waals surface area contributed by atoms with Crippen molar-refractivity contribution < 1.29 is 13.2 Å². The van der Waals surface area contributed by atoms with E-state index in [9.17, 15) is 13.2 Å². The van der Waals surface area contributed by atoms with Gasteiger partial charge in [0.1, 0.15) is 5.84 Å². The van der Waals surface area contributed by atoms with E-state index in [-0.39, 0.29) is 10.8 Å². The van der Waals surface area contributed by atoms with E-state index in [0.29, 0.717) is 17.9 Å². The first-order valence-electron chi connectivity index (χ1n) is 6.89. The highest BCUT2D eigenvalue weighted by atomic mass is 32.2. The highest BCUT2D eigenvalue weighted by Crippen LogP contribution is 2.19. The average molecular weight is 309 g/mol. The Kier molecular flexibility index (Phi) is 4.62. The number of hydrogen-bond acceptors (Lipinski definition) is 3. The van der Waals surface area contributed by atoms with Crippen molar-refractivity contribution in [2.75, 3.05) is 18.4 Å². The monoisotopic (exact) mass is 309 g/mol. The fourth-order valence-corrected chi connectivity index (χ4v) is 3.33. The van der Waals surface area contributed by atoms with Crippen LogP contribution in [0, 0.1) is 0 Å². The number of likely N-dealkylation sites (tertiary alicyclic amines) is 1. The second kappa shape index (κ2) is 6.26. The van der Waals surface area contributed by atoms with Crippen LogP contribution in [-0.4, -0.2) is 38.2 Å². The molecule has 0 radical (unpaired) electrons. The molecular formula is C14H19N3O3S. The van der Waals surface area contributed by atoms with E-state index in [2.05, 4.69) is 9.71 Å². The third-order valence-electron chi connectivity index (χ3n) is 3.27. The zero-order valence-electron chi connectivity index (χ0n) is 12.2. The number of rotatable bonds is 4. The first-order valence-corrected chi connectivity index (χ1v) is 8.33. The Bertz CT molecular complexity index is 651. The lowest BCUT2D eigenvalue weighted by Gasteiger charge is -2.15. The van der Waals surface area contributed by atoms with E-state index in [1.54, 1.807) is 12.1 Å². The Labute approximate surface area is 124 Å². The van der Waals surface area contributed by atoms with Crippen molar-refractivity contribution in [2.45, 2.75) is 31.6 Å². The number of carbonyl (C=O) groups is 1. The van der Waals surface area contributed by atoms with Gasteiger partial charge in [-0.25, -0.2) is 0 Å². The standard InChI is InChI=1S/C14H19N3O3S/c1-3-17-10-4-5-14(17)16-21(19,20)13-8-6-12(7-9-13)15-11(2)18/h6-9H,3-5,10H2,1-2H3,(H,15,18)/b16-14-. The maximum atomic E-state index is 12.3. The van der Waals surface area contributed by atoms with Crippen LogP contribution in [0.15, 0.2) is 33.6 Å². The van der Waals surface area contributed by atoms with Crippen LogP contribution in [0.4, 0.5) is 5.69 Å². The lowest BCUT2D eigenvalue weighted by molar-refractivity contribution is -0.114. The Morgan fingerprint density at radius 2 is 2.00 bits per heavy atom. The molecule has 1 amide bonds. The molecule has 6 nitrogen and oxygen atoms in total. The maximum absolute atomic E-state index is 12.3. The molecule has 1 N–H and O–H groups in total. The largest absolute Gasteiger partial charge is 0.360 e. The molecule has 21 heavy (non-hydrogen) atoms. The molecule has 0 spiro atoms. The Morgan fingerprint density at radius 3 is 2.57 bits per heavy atom. The van der Waals surface area contributed by atoms with Crippen molar-refractivity contribution in [3.05, 3.63) is 24.3 Å². The van der Waals surface area contributed by atoms with Crippen molar-refractivity contribution >= 4 is 27.5 Å². The van der Waals surface area contributed by atoms with Crippen molar-refractivity contribution in [1.82, 2.24) is 4.90 Å². The molecule has 1 heterocycles. The Morgan fingerprint density at radius 1 is 1.33 bits per heavy atom. The number of carbonyl (C=O) groups excluding carboxylic acids is 1. The van der Waals surface area contributed by atoms with Crippen molar-refractivity contribution in [3.63, 3.8) is 0 Å². The molecule has 1 aromatic carbocycles. The van der Waals surface area contributed by atoms with Crippen molar-refractivity contribution in [3.8, 4) is 0 Å². The van der Waals surface area contributed by atoms with Gasteiger partial charge >= 0.3 is 0 Å². The summed E-state index contributed by atoms with van der Waals surface area (Å²) in [7, 11) is -3.70. The van der Waals surface area contributed by atoms with Crippen LogP contribution >= 0.6 is 0 Å². The third-order valence-corrected chi connectivity index (χ3v) is 4.59. The molecule has 1 aliphatic rings. The fourth-order valence-electron chi connectivity index (χ4n) is 2.26. The Balaban J connectivity index is 2.23. The summed E-state index contributed by atoms with van der Waals surface area (Å²) in [5.41, 5.74) is 0.560. The van der Waals surface area contributed by atoms with E-state index < -0.39 is 10.0 Å². The van der Waals surface area contributed by atoms with Gasteiger partial charge in [0.05, 0.1) is 4.90 Å². The molecule has 1 aromatic rings. The van der Waals surface area contributed by atoms with E-state index >= 15 is 0 Å². The van der Waals surface area contributed by atoms with Gasteiger partial charge in [0.2, 0.25) is 5.91 Å². The fraction of sp³-hybridized carbons (Fsp3) is 0.429. The minimum atomic E-state index is -3.70. The molecule has 2 rings (SSSR count). The quantitative estimate of drug-likeness (QED) is 0.920. The number of hydrogen-bond donors (Lipinski definition) is 1. The molecule has 1 saturated heterocycles. The zero-order valence-corrected chi connectivity index (χ0v) is 13.0. The van der Waals surface area contributed by atoms with Crippen LogP contribution in [0.3, 0.4) is 0 Å². The van der Waals surface area contributed by atoms with Gasteiger partial charge in [-0.05, 0) is 37.6 Å². The SMILES string of the molecule is CCN1CCC/C1=N/S(=O)(=O)c1ccc(NC(C)=O)cc1. The number of nitrogens with one attached hydrogen (secondary N) is 1. The topological polar surface area (TPSA) is 78.8 Å². The van der Waals surface area contributed by atoms with E-state index in [0.717, 1.165) is 19.5 Å². The first-order chi connectivity index (χ1) is 9.92. The van der Waals surface area contributed by atoms with Crippen LogP contribution in [-0.2, 0) is 14.8 Å². The summed E-state index contributed by atoms with van der Waals surface area (Å²) >= 11 is 0. The summed E-state index contributed by atoms with van der Waals surface area (Å²) < 4.78 is 28.5. The second-order valence-corrected chi connectivity index (χ2v) is 6.48. The van der Waals surface area contributed by atoms with E-state index in [4.69, 9.17) is 0 Å². The maximum Gasteiger partial charge on any atom is 0.283 e. The molecule has 0 unspecified atom stereocenters. The molecular weight excluding hydrogens is 290 g/mol. The lowest BCUT2D eigenvalue weighted by Crippen LogP contribution is -2.25. The minimum absolute atomic E-state index is 0.132. The van der Waals surface area contributed by atoms with Crippen LogP contribution in [0.1, 0.15) is 26.7 Å². The second-order valence-electron chi connectivity index (χ2n) is 4.87. The normalized spacial score (nSPS) is 17.2. The lowest BCUT2D eigenvalue weighted by atomic mass is 10.3. The molecule has 0 bridgehead atoms. The highest BCUT2D eigenvalue weighted by molar-refractivity contribution is 7.90. The van der Waals surface area contributed by atoms with Crippen LogP contribution in [0.25, 0.3) is 0 Å². The highest BCUT2D eigenvalue weighted by Gasteiger charge is 2.21. The summed E-state index contributed by atoms with van der Waals surface area (Å²) in [5, 5.41) is 2.59. The Hall–Kier alpha value is -1.89. The predicted molar refractivity (Wildman–Crippen MR) is 81.8 cm³/mol. The molecule has 0 saturated carbocycles. The van der Waals surface area contributed by atoms with Gasteiger partial charge in [0.15, 0.2) is 0 Å². The summed E-state index contributed by atoms with van der Waals surface area (Å²) in [5.74, 6) is 0.429. The number of nitrogens with zero attached hydrogens (tertiary/aromatic N) is 2. The summed E-state index contributed by atoms with van der Waals surface area (Å²) in [6.45, 7) is 4.99. The van der Waals surface area contributed by atoms with Gasteiger partial charge in [-0.2, -0.15) is 8.42 Å². The summed E-state index contributed by atoms with van der Waals surface area (Å²) in [6, 6.07) is 6.02. The minimum Gasteiger partial charge on any atom is -0.360 e. The smallest absolute Gasteiger partial charge is 0.283 e. The van der Waals surface area contributed by atoms with Gasteiger partial charge in [0.25, 0.3) is 10.0 Å². The number of amidine groups is 1. The average Bonchev–Trinajstić information content (AvgIpc) is 2.85. The molecule has 0 atom stereocenters. The van der Waals surface area contributed by atoms with Gasteiger partial charge < -0.3 is 10.2 Å². The molecule has 0 aliphatic carbocycles. The molecule has 114 valence electrons. The molecule has 1 aliphatic heterocycles.